The maximum Gasteiger partial charge on any atom is 0.211 e. The Morgan fingerprint density at radius 3 is 2.65 bits per heavy atom. The molecule has 0 spiro atoms. The van der Waals surface area contributed by atoms with Gasteiger partial charge in [0, 0.05) is 32.2 Å². The van der Waals surface area contributed by atoms with E-state index in [0.29, 0.717) is 13.0 Å². The molecule has 0 bridgehead atoms. The Labute approximate surface area is 123 Å². The maximum atomic E-state index is 11.9. The molecule has 0 aromatic carbocycles. The molecule has 0 amide bonds. The summed E-state index contributed by atoms with van der Waals surface area (Å²) >= 11 is 0. The lowest BCUT2D eigenvalue weighted by molar-refractivity contribution is 0.117. The number of piperazine rings is 1. The van der Waals surface area contributed by atoms with Crippen LogP contribution in [0.15, 0.2) is 0 Å². The standard InChI is InChI=1S/C13H30N4O2S/c1-4-14-7-5-6-10-20(18,19)15-11-13-12-16(2)8-9-17(13)3/h13-15H,4-12H2,1-3H3. The number of nitrogens with zero attached hydrogens (tertiary/aromatic N) is 2. The lowest BCUT2D eigenvalue weighted by atomic mass is 10.2. The van der Waals surface area contributed by atoms with E-state index in [2.05, 4.69) is 40.9 Å². The Bertz CT molecular complexity index is 361. The van der Waals surface area contributed by atoms with Gasteiger partial charge in [-0.25, -0.2) is 13.1 Å². The van der Waals surface area contributed by atoms with Crippen molar-refractivity contribution in [1.29, 1.82) is 0 Å². The van der Waals surface area contributed by atoms with Crippen LogP contribution in [0, 0.1) is 0 Å². The third-order valence-electron chi connectivity index (χ3n) is 3.79. The topological polar surface area (TPSA) is 64.7 Å². The van der Waals surface area contributed by atoms with Crippen molar-refractivity contribution in [3.8, 4) is 0 Å². The highest BCUT2D eigenvalue weighted by atomic mass is 32.2. The number of sulfonamides is 1. The number of hydrogen-bond acceptors (Lipinski definition) is 5. The Morgan fingerprint density at radius 1 is 1.20 bits per heavy atom. The zero-order chi connectivity index (χ0) is 15.0. The average molecular weight is 306 g/mol. The second-order valence-corrected chi connectivity index (χ2v) is 7.55. The molecule has 1 fully saturated rings. The first-order chi connectivity index (χ1) is 9.44. The zero-order valence-electron chi connectivity index (χ0n) is 13.1. The summed E-state index contributed by atoms with van der Waals surface area (Å²) < 4.78 is 26.6. The predicted octanol–water partition coefficient (Wildman–Crippen LogP) is -0.459. The van der Waals surface area contributed by atoms with Gasteiger partial charge in [-0.15, -0.1) is 0 Å². The Balaban J connectivity index is 2.24. The van der Waals surface area contributed by atoms with E-state index >= 15 is 0 Å². The lowest BCUT2D eigenvalue weighted by Crippen LogP contribution is -2.54. The van der Waals surface area contributed by atoms with Crippen molar-refractivity contribution in [2.24, 2.45) is 0 Å². The van der Waals surface area contributed by atoms with Gasteiger partial charge in [0.25, 0.3) is 0 Å². The fourth-order valence-electron chi connectivity index (χ4n) is 2.34. The van der Waals surface area contributed by atoms with Gasteiger partial charge in [-0.2, -0.15) is 0 Å². The molecular formula is C13H30N4O2S. The number of unbranched alkanes of at least 4 members (excludes halogenated alkanes) is 1. The molecule has 1 aliphatic heterocycles. The minimum Gasteiger partial charge on any atom is -0.317 e. The van der Waals surface area contributed by atoms with Gasteiger partial charge in [-0.05, 0) is 40.0 Å². The van der Waals surface area contributed by atoms with E-state index in [1.807, 2.05) is 0 Å². The van der Waals surface area contributed by atoms with Gasteiger partial charge in [0.15, 0.2) is 0 Å². The Kier molecular flexibility index (Phi) is 7.98. The van der Waals surface area contributed by atoms with Crippen LogP contribution in [0.3, 0.4) is 0 Å². The first kappa shape index (κ1) is 17.8. The van der Waals surface area contributed by atoms with Crippen LogP contribution in [0.2, 0.25) is 0 Å². The van der Waals surface area contributed by atoms with Crippen LogP contribution in [-0.2, 0) is 10.0 Å². The van der Waals surface area contributed by atoms with Crippen molar-refractivity contribution in [2.75, 3.05) is 59.1 Å². The molecule has 0 radical (unpaired) electrons. The molecule has 1 atom stereocenters. The summed E-state index contributed by atoms with van der Waals surface area (Å²) in [5.74, 6) is 0.227. The van der Waals surface area contributed by atoms with Crippen molar-refractivity contribution in [1.82, 2.24) is 19.8 Å². The van der Waals surface area contributed by atoms with E-state index in [9.17, 15) is 8.42 Å². The van der Waals surface area contributed by atoms with Gasteiger partial charge in [0.2, 0.25) is 10.0 Å². The predicted molar refractivity (Wildman–Crippen MR) is 83.5 cm³/mol. The Morgan fingerprint density at radius 2 is 1.95 bits per heavy atom. The van der Waals surface area contributed by atoms with Gasteiger partial charge in [-0.1, -0.05) is 6.92 Å². The van der Waals surface area contributed by atoms with Crippen LogP contribution in [0.4, 0.5) is 0 Å². The molecule has 1 saturated heterocycles. The monoisotopic (exact) mass is 306 g/mol. The third-order valence-corrected chi connectivity index (χ3v) is 5.22. The van der Waals surface area contributed by atoms with Crippen molar-refractivity contribution in [3.05, 3.63) is 0 Å². The first-order valence-corrected chi connectivity index (χ1v) is 9.16. The van der Waals surface area contributed by atoms with Crippen molar-refractivity contribution in [3.63, 3.8) is 0 Å². The van der Waals surface area contributed by atoms with Crippen molar-refractivity contribution >= 4 is 10.0 Å². The van der Waals surface area contributed by atoms with E-state index in [1.165, 1.54) is 0 Å². The molecule has 0 aromatic rings. The second kappa shape index (κ2) is 8.94. The third kappa shape index (κ3) is 6.99. The molecule has 0 aliphatic carbocycles. The number of likely N-dealkylation sites (N-methyl/N-ethyl adjacent to an activating group) is 2. The highest BCUT2D eigenvalue weighted by Crippen LogP contribution is 2.05. The van der Waals surface area contributed by atoms with Crippen LogP contribution < -0.4 is 10.0 Å². The summed E-state index contributed by atoms with van der Waals surface area (Å²) in [6.07, 6.45) is 1.61. The smallest absolute Gasteiger partial charge is 0.211 e. The van der Waals surface area contributed by atoms with Gasteiger partial charge < -0.3 is 10.2 Å². The largest absolute Gasteiger partial charge is 0.317 e. The molecule has 6 nitrogen and oxygen atoms in total. The molecular weight excluding hydrogens is 276 g/mol. The van der Waals surface area contributed by atoms with Crippen LogP contribution in [0.5, 0.6) is 0 Å². The molecule has 1 aliphatic rings. The number of hydrogen-bond donors (Lipinski definition) is 2. The summed E-state index contributed by atoms with van der Waals surface area (Å²) in [6, 6.07) is 0.269. The normalized spacial score (nSPS) is 22.2. The quantitative estimate of drug-likeness (QED) is 0.565. The van der Waals surface area contributed by atoms with E-state index < -0.39 is 10.0 Å². The maximum absolute atomic E-state index is 11.9. The highest BCUT2D eigenvalue weighted by molar-refractivity contribution is 7.89. The van der Waals surface area contributed by atoms with E-state index in [0.717, 1.165) is 39.1 Å². The molecule has 20 heavy (non-hydrogen) atoms. The molecule has 0 aromatic heterocycles. The van der Waals surface area contributed by atoms with E-state index in [1.54, 1.807) is 0 Å². The van der Waals surface area contributed by atoms with Crippen LogP contribution >= 0.6 is 0 Å². The fourth-order valence-corrected chi connectivity index (χ4v) is 3.51. The highest BCUT2D eigenvalue weighted by Gasteiger charge is 2.23. The van der Waals surface area contributed by atoms with Crippen LogP contribution in [0.25, 0.3) is 0 Å². The molecule has 2 N–H and O–H groups in total. The summed E-state index contributed by atoms with van der Waals surface area (Å²) in [6.45, 7) is 7.34. The Hall–Kier alpha value is -0.210. The van der Waals surface area contributed by atoms with Gasteiger partial charge >= 0.3 is 0 Å². The molecule has 1 heterocycles. The SMILES string of the molecule is CCNCCCCS(=O)(=O)NCC1CN(C)CCN1C. The van der Waals surface area contributed by atoms with Crippen LogP contribution in [-0.4, -0.2) is 83.4 Å². The molecule has 7 heteroatoms. The van der Waals surface area contributed by atoms with Crippen molar-refractivity contribution < 1.29 is 8.42 Å². The van der Waals surface area contributed by atoms with E-state index in [4.69, 9.17) is 0 Å². The summed E-state index contributed by atoms with van der Waals surface area (Å²) in [5, 5.41) is 3.20. The molecule has 1 unspecified atom stereocenters. The minimum absolute atomic E-state index is 0.227. The van der Waals surface area contributed by atoms with Gasteiger partial charge in [-0.3, -0.25) is 4.90 Å². The van der Waals surface area contributed by atoms with Gasteiger partial charge in [0.1, 0.15) is 0 Å². The van der Waals surface area contributed by atoms with Crippen LogP contribution in [0.1, 0.15) is 19.8 Å². The molecule has 120 valence electrons. The summed E-state index contributed by atoms with van der Waals surface area (Å²) in [5.41, 5.74) is 0. The van der Waals surface area contributed by atoms with Gasteiger partial charge in [0.05, 0.1) is 5.75 Å². The lowest BCUT2D eigenvalue weighted by Gasteiger charge is -2.37. The summed E-state index contributed by atoms with van der Waals surface area (Å²) in [4.78, 5) is 4.48. The average Bonchev–Trinajstić information content (AvgIpc) is 2.40. The minimum atomic E-state index is -3.13. The number of rotatable bonds is 9. The zero-order valence-corrected chi connectivity index (χ0v) is 13.9. The second-order valence-electron chi connectivity index (χ2n) is 5.62. The first-order valence-electron chi connectivity index (χ1n) is 7.51. The molecule has 0 saturated carbocycles. The molecule has 1 rings (SSSR count). The summed E-state index contributed by atoms with van der Waals surface area (Å²) in [7, 11) is 1.00. The van der Waals surface area contributed by atoms with E-state index in [-0.39, 0.29) is 11.8 Å². The fraction of sp³-hybridized carbons (Fsp3) is 1.00. The number of nitrogens with one attached hydrogen (secondary N) is 2. The van der Waals surface area contributed by atoms with Crippen molar-refractivity contribution in [2.45, 2.75) is 25.8 Å².